The van der Waals surface area contributed by atoms with Gasteiger partial charge in [-0.1, -0.05) is 36.4 Å². The van der Waals surface area contributed by atoms with Gasteiger partial charge in [-0.3, -0.25) is 15.0 Å². The van der Waals surface area contributed by atoms with E-state index in [0.717, 1.165) is 42.5 Å². The van der Waals surface area contributed by atoms with Gasteiger partial charge in [-0.2, -0.15) is 10.2 Å². The van der Waals surface area contributed by atoms with Crippen molar-refractivity contribution in [3.63, 3.8) is 0 Å². The number of hydrazone groups is 1. The first-order valence-electron chi connectivity index (χ1n) is 16.8. The maximum Gasteiger partial charge on any atom is 1.00 e. The fourth-order valence-corrected chi connectivity index (χ4v) is 7.54. The first-order valence-corrected chi connectivity index (χ1v) is 21.0. The molecule has 0 saturated heterocycles. The molecule has 6 aromatic rings. The Morgan fingerprint density at radius 2 is 1.05 bits per heavy atom. The number of carbonyl (C=O) groups is 2. The average molecular weight is 920 g/mol. The number of carbonyl (C=O) groups excluding carboxylic acids is 2. The fourth-order valence-electron chi connectivity index (χ4n) is 6.04. The van der Waals surface area contributed by atoms with Crippen LogP contribution in [0.1, 0.15) is 16.7 Å². The molecule has 0 spiro atoms. The van der Waals surface area contributed by atoms with Crippen LogP contribution in [0.25, 0.3) is 27.6 Å². The standard InChI is InChI=1S/C38H27N7O11S3.3Na/c39-37(47)17-21-1-4-23(5-2-21)40-41-32-12-14-34(30-19-25(58(51,52)53)7-10-28(30)32)43-42-33-13-15-35(31-20-26(59(54,55)56)8-11-29(31)33)44-45-38-27-9-6-24(57(48,49)50)18-22(27)3-16-36(38)46;;;/h1-16,18-20,44H,17H2,(H2,39,47)(H,48,49,50)(H,51,52,53)(H,54,55,56);;;/q;3*+1/p-3/b41-40?,43-42?,45-38+;;;. The van der Waals surface area contributed by atoms with Gasteiger partial charge in [0.2, 0.25) is 11.7 Å². The number of azo groups is 2. The van der Waals surface area contributed by atoms with Crippen molar-refractivity contribution in [3.8, 4) is 0 Å². The summed E-state index contributed by atoms with van der Waals surface area (Å²) in [5, 5.41) is 22.2. The number of hydrogen-bond donors (Lipinski definition) is 2. The molecule has 0 bridgehead atoms. The molecule has 0 fully saturated rings. The van der Waals surface area contributed by atoms with Gasteiger partial charge >= 0.3 is 88.7 Å². The van der Waals surface area contributed by atoms with E-state index >= 15 is 0 Å². The zero-order chi connectivity index (χ0) is 42.3. The van der Waals surface area contributed by atoms with Crippen LogP contribution >= 0.6 is 0 Å². The minimum Gasteiger partial charge on any atom is -0.744 e. The van der Waals surface area contributed by atoms with Crippen molar-refractivity contribution in [2.24, 2.45) is 31.3 Å². The Kier molecular flexibility index (Phi) is 16.6. The van der Waals surface area contributed by atoms with Gasteiger partial charge in [-0.15, -0.1) is 15.3 Å². The van der Waals surface area contributed by atoms with Crippen LogP contribution in [0.5, 0.6) is 0 Å². The molecule has 0 atom stereocenters. The number of allylic oxidation sites excluding steroid dienone is 1. The van der Waals surface area contributed by atoms with Crippen molar-refractivity contribution < 1.29 is 137 Å². The topological polar surface area (TPSA) is 306 Å². The van der Waals surface area contributed by atoms with Crippen LogP contribution < -0.4 is 99.8 Å². The smallest absolute Gasteiger partial charge is 0.744 e. The van der Waals surface area contributed by atoms with Crippen LogP contribution in [0.2, 0.25) is 0 Å². The van der Waals surface area contributed by atoms with E-state index in [1.807, 2.05) is 0 Å². The molecule has 0 aromatic heterocycles. The van der Waals surface area contributed by atoms with E-state index in [4.69, 9.17) is 5.73 Å². The predicted molar refractivity (Wildman–Crippen MR) is 210 cm³/mol. The molecule has 1 aliphatic rings. The van der Waals surface area contributed by atoms with Crippen molar-refractivity contribution in [1.82, 2.24) is 0 Å². The number of benzene rings is 6. The van der Waals surface area contributed by atoms with Gasteiger partial charge in [0.1, 0.15) is 36.1 Å². The Bertz CT molecular complexity index is 3260. The van der Waals surface area contributed by atoms with E-state index in [1.165, 1.54) is 48.5 Å². The number of primary amides is 1. The molecule has 0 saturated carbocycles. The van der Waals surface area contributed by atoms with Crippen LogP contribution in [0.3, 0.4) is 0 Å². The summed E-state index contributed by atoms with van der Waals surface area (Å²) in [7, 11) is -14.7. The second-order valence-electron chi connectivity index (χ2n) is 12.7. The van der Waals surface area contributed by atoms with E-state index in [9.17, 15) is 48.5 Å². The fraction of sp³-hybridized carbons (Fsp3) is 0.0263. The molecule has 0 heterocycles. The second-order valence-corrected chi connectivity index (χ2v) is 16.9. The number of nitrogens with zero attached hydrogens (tertiary/aromatic N) is 5. The number of ketones is 1. The van der Waals surface area contributed by atoms with Gasteiger partial charge in [0.05, 0.1) is 49.5 Å². The Morgan fingerprint density at radius 3 is 1.61 bits per heavy atom. The molecule has 0 radical (unpaired) electrons. The third-order valence-electron chi connectivity index (χ3n) is 8.84. The molecule has 298 valence electrons. The predicted octanol–water partition coefficient (Wildman–Crippen LogP) is -3.01. The van der Waals surface area contributed by atoms with Crippen molar-refractivity contribution in [2.45, 2.75) is 21.1 Å². The number of anilines is 1. The minimum absolute atomic E-state index is 0. The first-order chi connectivity index (χ1) is 27.8. The van der Waals surface area contributed by atoms with Gasteiger partial charge < -0.3 is 19.4 Å². The van der Waals surface area contributed by atoms with Crippen LogP contribution in [0.15, 0.2) is 149 Å². The number of nitrogens with one attached hydrogen (secondary N) is 1. The van der Waals surface area contributed by atoms with Crippen molar-refractivity contribution >= 4 is 104 Å². The maximum absolute atomic E-state index is 12.9. The number of fused-ring (bicyclic) bond motifs is 3. The maximum atomic E-state index is 12.9. The zero-order valence-electron chi connectivity index (χ0n) is 32.7. The normalized spacial score (nSPS) is 13.5. The molecular formula is C38H24N7Na3O11S3. The summed E-state index contributed by atoms with van der Waals surface area (Å²) in [6.45, 7) is 0. The SMILES string of the molecule is NC(=O)Cc1ccc(N=Nc2ccc(N=Nc3ccc(N/N=C4/C(=O)C=Cc5cc(S(=O)(=O)[O-])ccc54)c4cc(S(=O)(=O)[O-])ccc34)c3cc(S(=O)(=O)[O-])ccc23)cc1.[Na+].[Na+].[Na+]. The number of hydrogen-bond acceptors (Lipinski definition) is 17. The van der Waals surface area contributed by atoms with Gasteiger partial charge in [0.25, 0.3) is 0 Å². The molecule has 0 unspecified atom stereocenters. The van der Waals surface area contributed by atoms with E-state index in [-0.39, 0.29) is 151 Å². The largest absolute Gasteiger partial charge is 1.00 e. The Morgan fingerprint density at radius 1 is 0.565 bits per heavy atom. The average Bonchev–Trinajstić information content (AvgIpc) is 3.18. The Balaban J connectivity index is 0.00000282. The van der Waals surface area contributed by atoms with Crippen molar-refractivity contribution in [3.05, 3.63) is 126 Å². The summed E-state index contributed by atoms with van der Waals surface area (Å²) in [6.07, 6.45) is 2.48. The molecule has 1 aliphatic carbocycles. The summed E-state index contributed by atoms with van der Waals surface area (Å²) < 4.78 is 107. The second kappa shape index (κ2) is 20.3. The minimum atomic E-state index is -4.97. The molecule has 7 rings (SSSR count). The number of amides is 1. The first kappa shape index (κ1) is 50.8. The molecule has 24 heteroatoms. The van der Waals surface area contributed by atoms with Crippen LogP contribution in [0.4, 0.5) is 28.4 Å². The third kappa shape index (κ3) is 11.6. The van der Waals surface area contributed by atoms with Gasteiger partial charge in [0, 0.05) is 27.1 Å². The summed E-state index contributed by atoms with van der Waals surface area (Å²) in [4.78, 5) is 22.4. The third-order valence-corrected chi connectivity index (χ3v) is 11.3. The van der Waals surface area contributed by atoms with Gasteiger partial charge in [-0.25, -0.2) is 25.3 Å². The summed E-state index contributed by atoms with van der Waals surface area (Å²) >= 11 is 0. The van der Waals surface area contributed by atoms with Crippen LogP contribution in [0, 0.1) is 0 Å². The zero-order valence-corrected chi connectivity index (χ0v) is 41.2. The molecule has 62 heavy (non-hydrogen) atoms. The summed E-state index contributed by atoms with van der Waals surface area (Å²) in [5.41, 5.74) is 9.89. The quantitative estimate of drug-likeness (QED) is 0.0569. The molecular weight excluding hydrogens is 896 g/mol. The van der Waals surface area contributed by atoms with E-state index < -0.39 is 56.7 Å². The van der Waals surface area contributed by atoms with E-state index in [2.05, 4.69) is 31.0 Å². The van der Waals surface area contributed by atoms with E-state index in [1.54, 1.807) is 24.3 Å². The molecule has 6 aromatic carbocycles. The molecule has 1 amide bonds. The molecule has 18 nitrogen and oxygen atoms in total. The summed E-state index contributed by atoms with van der Waals surface area (Å²) in [6, 6.07) is 22.8. The number of rotatable bonds is 11. The van der Waals surface area contributed by atoms with Crippen molar-refractivity contribution in [2.75, 3.05) is 5.43 Å². The van der Waals surface area contributed by atoms with Gasteiger partial charge in [0.15, 0.2) is 0 Å². The molecule has 3 N–H and O–H groups in total. The van der Waals surface area contributed by atoms with E-state index in [0.29, 0.717) is 16.6 Å². The van der Waals surface area contributed by atoms with Gasteiger partial charge in [-0.05, 0) is 90.0 Å². The van der Waals surface area contributed by atoms with Crippen molar-refractivity contribution in [1.29, 1.82) is 0 Å². The number of nitrogens with two attached hydrogens (primary N) is 1. The summed E-state index contributed by atoms with van der Waals surface area (Å²) in [5.74, 6) is -1.08. The Hall–Kier alpha value is -3.88. The van der Waals surface area contributed by atoms with Crippen LogP contribution in [-0.2, 0) is 46.4 Å². The Labute approximate surface area is 420 Å². The van der Waals surface area contributed by atoms with Crippen LogP contribution in [-0.4, -0.2) is 56.3 Å². The monoisotopic (exact) mass is 919 g/mol. The molecule has 0 aliphatic heterocycles.